The summed E-state index contributed by atoms with van der Waals surface area (Å²) in [4.78, 5) is 15.7. The molecule has 0 aliphatic rings. The van der Waals surface area contributed by atoms with Crippen LogP contribution in [0.5, 0.6) is 5.75 Å². The van der Waals surface area contributed by atoms with Crippen molar-refractivity contribution < 1.29 is 14.6 Å². The average Bonchev–Trinajstić information content (AvgIpc) is 2.47. The molecule has 0 aliphatic heterocycles. The number of carbonyl (C=O) groups excluding carboxylic acids is 1. The highest BCUT2D eigenvalue weighted by atomic mass is 16.5. The summed E-state index contributed by atoms with van der Waals surface area (Å²) < 4.78 is 5.36. The first-order valence-electron chi connectivity index (χ1n) is 6.22. The van der Waals surface area contributed by atoms with Gasteiger partial charge in [0.2, 0.25) is 0 Å². The summed E-state index contributed by atoms with van der Waals surface area (Å²) in [6.07, 6.45) is 1.53. The Labute approximate surface area is 117 Å². The van der Waals surface area contributed by atoms with Gasteiger partial charge in [-0.3, -0.25) is 4.79 Å². The number of amides is 1. The maximum atomic E-state index is 11.7. The highest BCUT2D eigenvalue weighted by molar-refractivity contribution is 5.90. The van der Waals surface area contributed by atoms with E-state index in [2.05, 4.69) is 10.3 Å². The second-order valence-corrected chi connectivity index (χ2v) is 4.36. The first-order chi connectivity index (χ1) is 9.67. The zero-order chi connectivity index (χ0) is 14.4. The molecule has 5 heteroatoms. The fourth-order valence-corrected chi connectivity index (χ4v) is 1.60. The maximum Gasteiger partial charge on any atom is 0.263 e. The van der Waals surface area contributed by atoms with Crippen molar-refractivity contribution in [1.29, 1.82) is 0 Å². The fraction of sp³-hybridized carbons (Fsp3) is 0.200. The molecule has 20 heavy (non-hydrogen) atoms. The van der Waals surface area contributed by atoms with Crippen LogP contribution in [0.1, 0.15) is 11.1 Å². The van der Waals surface area contributed by atoms with Crippen molar-refractivity contribution in [2.75, 3.05) is 11.9 Å². The molecular weight excluding hydrogens is 256 g/mol. The van der Waals surface area contributed by atoms with Crippen molar-refractivity contribution in [3.63, 3.8) is 0 Å². The van der Waals surface area contributed by atoms with E-state index < -0.39 is 0 Å². The van der Waals surface area contributed by atoms with Gasteiger partial charge in [0.15, 0.2) is 6.61 Å². The van der Waals surface area contributed by atoms with Crippen LogP contribution in [0.15, 0.2) is 42.6 Å². The van der Waals surface area contributed by atoms with Gasteiger partial charge in [-0.2, -0.15) is 0 Å². The van der Waals surface area contributed by atoms with Gasteiger partial charge in [0.1, 0.15) is 11.6 Å². The molecule has 0 saturated carbocycles. The number of pyridine rings is 1. The Hall–Kier alpha value is -2.40. The Morgan fingerprint density at radius 2 is 2.05 bits per heavy atom. The van der Waals surface area contributed by atoms with Gasteiger partial charge in [-0.1, -0.05) is 17.7 Å². The SMILES string of the molecule is Cc1ccc(OCC(=O)Nc2cc(CO)ccn2)cc1. The van der Waals surface area contributed by atoms with Crippen LogP contribution in [0.25, 0.3) is 0 Å². The van der Waals surface area contributed by atoms with Crippen LogP contribution in [0.3, 0.4) is 0 Å². The number of anilines is 1. The van der Waals surface area contributed by atoms with E-state index in [9.17, 15) is 4.79 Å². The van der Waals surface area contributed by atoms with E-state index in [1.165, 1.54) is 6.20 Å². The Morgan fingerprint density at radius 3 is 2.75 bits per heavy atom. The number of nitrogens with one attached hydrogen (secondary N) is 1. The lowest BCUT2D eigenvalue weighted by atomic mass is 10.2. The Bertz CT molecular complexity index is 582. The van der Waals surface area contributed by atoms with Gasteiger partial charge in [-0.25, -0.2) is 4.98 Å². The molecule has 5 nitrogen and oxygen atoms in total. The quantitative estimate of drug-likeness (QED) is 0.872. The van der Waals surface area contributed by atoms with Crippen molar-refractivity contribution in [3.8, 4) is 5.75 Å². The smallest absolute Gasteiger partial charge is 0.263 e. The predicted octanol–water partition coefficient (Wildman–Crippen LogP) is 1.90. The second-order valence-electron chi connectivity index (χ2n) is 4.36. The average molecular weight is 272 g/mol. The van der Waals surface area contributed by atoms with Gasteiger partial charge in [0.05, 0.1) is 6.61 Å². The lowest BCUT2D eigenvalue weighted by Gasteiger charge is -2.07. The van der Waals surface area contributed by atoms with Gasteiger partial charge in [0.25, 0.3) is 5.91 Å². The number of aliphatic hydroxyl groups is 1. The number of aryl methyl sites for hydroxylation is 1. The van der Waals surface area contributed by atoms with Crippen LogP contribution in [-0.4, -0.2) is 22.6 Å². The number of aromatic nitrogens is 1. The molecule has 0 aliphatic carbocycles. The van der Waals surface area contributed by atoms with Crippen LogP contribution in [0.2, 0.25) is 0 Å². The van der Waals surface area contributed by atoms with Crippen LogP contribution in [0, 0.1) is 6.92 Å². The maximum absolute atomic E-state index is 11.7. The minimum Gasteiger partial charge on any atom is -0.484 e. The van der Waals surface area contributed by atoms with Crippen LogP contribution in [-0.2, 0) is 11.4 Å². The summed E-state index contributed by atoms with van der Waals surface area (Å²) in [5.41, 5.74) is 1.82. The van der Waals surface area contributed by atoms with Crippen molar-refractivity contribution in [1.82, 2.24) is 4.98 Å². The monoisotopic (exact) mass is 272 g/mol. The Balaban J connectivity index is 1.87. The van der Waals surface area contributed by atoms with Crippen LogP contribution in [0.4, 0.5) is 5.82 Å². The van der Waals surface area contributed by atoms with Gasteiger partial charge < -0.3 is 15.2 Å². The third-order valence-corrected chi connectivity index (χ3v) is 2.67. The summed E-state index contributed by atoms with van der Waals surface area (Å²) in [5, 5.41) is 11.6. The van der Waals surface area contributed by atoms with Crippen molar-refractivity contribution in [2.24, 2.45) is 0 Å². The fourth-order valence-electron chi connectivity index (χ4n) is 1.60. The first-order valence-corrected chi connectivity index (χ1v) is 6.22. The largest absolute Gasteiger partial charge is 0.484 e. The van der Waals surface area contributed by atoms with E-state index in [1.807, 2.05) is 31.2 Å². The van der Waals surface area contributed by atoms with Crippen molar-refractivity contribution in [2.45, 2.75) is 13.5 Å². The molecule has 0 saturated heterocycles. The highest BCUT2D eigenvalue weighted by Crippen LogP contribution is 2.11. The minimum atomic E-state index is -0.298. The normalized spacial score (nSPS) is 10.1. The molecule has 1 heterocycles. The van der Waals surface area contributed by atoms with Gasteiger partial charge in [-0.15, -0.1) is 0 Å². The molecule has 1 aromatic heterocycles. The summed E-state index contributed by atoms with van der Waals surface area (Å²) in [6.45, 7) is 1.80. The summed E-state index contributed by atoms with van der Waals surface area (Å²) in [5.74, 6) is 0.741. The molecule has 0 radical (unpaired) electrons. The number of aliphatic hydroxyl groups excluding tert-OH is 1. The zero-order valence-electron chi connectivity index (χ0n) is 11.2. The van der Waals surface area contributed by atoms with E-state index >= 15 is 0 Å². The van der Waals surface area contributed by atoms with E-state index in [0.717, 1.165) is 5.56 Å². The topological polar surface area (TPSA) is 71.5 Å². The molecule has 0 bridgehead atoms. The lowest BCUT2D eigenvalue weighted by Crippen LogP contribution is -2.20. The molecule has 0 fully saturated rings. The summed E-state index contributed by atoms with van der Waals surface area (Å²) >= 11 is 0. The summed E-state index contributed by atoms with van der Waals surface area (Å²) in [7, 11) is 0. The number of benzene rings is 1. The number of nitrogens with zero attached hydrogens (tertiary/aromatic N) is 1. The van der Waals surface area contributed by atoms with E-state index in [-0.39, 0.29) is 19.1 Å². The first kappa shape index (κ1) is 14.0. The van der Waals surface area contributed by atoms with Gasteiger partial charge >= 0.3 is 0 Å². The molecule has 2 rings (SSSR count). The van der Waals surface area contributed by atoms with Crippen LogP contribution < -0.4 is 10.1 Å². The zero-order valence-corrected chi connectivity index (χ0v) is 11.2. The highest BCUT2D eigenvalue weighted by Gasteiger charge is 2.05. The summed E-state index contributed by atoms with van der Waals surface area (Å²) in [6, 6.07) is 10.8. The number of rotatable bonds is 5. The Morgan fingerprint density at radius 1 is 1.30 bits per heavy atom. The molecular formula is C15H16N2O3. The number of hydrogen-bond donors (Lipinski definition) is 2. The molecule has 0 spiro atoms. The van der Waals surface area contributed by atoms with Crippen molar-refractivity contribution in [3.05, 3.63) is 53.7 Å². The third kappa shape index (κ3) is 4.07. The van der Waals surface area contributed by atoms with E-state index in [1.54, 1.807) is 12.1 Å². The third-order valence-electron chi connectivity index (χ3n) is 2.67. The Kier molecular flexibility index (Phi) is 4.68. The minimum absolute atomic E-state index is 0.0892. The second kappa shape index (κ2) is 6.68. The number of ether oxygens (including phenoxy) is 1. The predicted molar refractivity (Wildman–Crippen MR) is 75.5 cm³/mol. The van der Waals surface area contributed by atoms with Crippen molar-refractivity contribution >= 4 is 11.7 Å². The lowest BCUT2D eigenvalue weighted by molar-refractivity contribution is -0.118. The molecule has 2 aromatic rings. The van der Waals surface area contributed by atoms with Crippen LogP contribution >= 0.6 is 0 Å². The molecule has 1 amide bonds. The molecule has 104 valence electrons. The molecule has 1 aromatic carbocycles. The standard InChI is InChI=1S/C15H16N2O3/c1-11-2-4-13(5-3-11)20-10-15(19)17-14-8-12(9-18)6-7-16-14/h2-8,18H,9-10H2,1H3,(H,16,17,19). The molecule has 0 unspecified atom stereocenters. The molecule has 2 N–H and O–H groups in total. The van der Waals surface area contributed by atoms with E-state index in [4.69, 9.17) is 9.84 Å². The number of hydrogen-bond acceptors (Lipinski definition) is 4. The molecule has 0 atom stereocenters. The van der Waals surface area contributed by atoms with E-state index in [0.29, 0.717) is 17.1 Å². The van der Waals surface area contributed by atoms with Gasteiger partial charge in [0, 0.05) is 6.20 Å². The van der Waals surface area contributed by atoms with Gasteiger partial charge in [-0.05, 0) is 36.8 Å². The number of carbonyl (C=O) groups is 1.